The molecule has 0 bridgehead atoms. The molecule has 5 heteroatoms. The van der Waals surface area contributed by atoms with E-state index in [1.807, 2.05) is 13.8 Å². The molecule has 0 aliphatic heterocycles. The van der Waals surface area contributed by atoms with Gasteiger partial charge in [-0.1, -0.05) is 0 Å². The zero-order valence-corrected chi connectivity index (χ0v) is 7.59. The van der Waals surface area contributed by atoms with Gasteiger partial charge in [0.15, 0.2) is 0 Å². The van der Waals surface area contributed by atoms with Crippen LogP contribution in [-0.4, -0.2) is 24.3 Å². The molecule has 0 spiro atoms. The molecule has 0 aliphatic carbocycles. The number of carbonyl (C=O) groups is 1. The first-order valence-corrected chi connectivity index (χ1v) is 2.92. The van der Waals surface area contributed by atoms with Crippen molar-refractivity contribution in [2.45, 2.75) is 20.8 Å². The Morgan fingerprint density at radius 3 is 1.45 bits per heavy atom. The first-order chi connectivity index (χ1) is 4.15. The maximum absolute atomic E-state index is 9.00. The number of rotatable bonds is 2. The lowest BCUT2D eigenvalue weighted by atomic mass is 10.8. The van der Waals surface area contributed by atoms with Gasteiger partial charge in [-0.2, -0.15) is 0 Å². The normalized spacial score (nSPS) is 6.09. The van der Waals surface area contributed by atoms with Gasteiger partial charge in [0.2, 0.25) is 0 Å². The summed E-state index contributed by atoms with van der Waals surface area (Å²) in [7, 11) is 0. The lowest BCUT2D eigenvalue weighted by Gasteiger charge is -1.86. The monoisotopic (exact) mass is 168 g/mol. The number of hydrogen-bond acceptors (Lipinski definition) is 4. The van der Waals surface area contributed by atoms with E-state index in [4.69, 9.17) is 14.6 Å². The number of hydrogen-bond donors (Lipinski definition) is 3. The van der Waals surface area contributed by atoms with Crippen LogP contribution in [0.25, 0.3) is 0 Å². The second-order valence-corrected chi connectivity index (χ2v) is 1.30. The van der Waals surface area contributed by atoms with Crippen LogP contribution in [0.2, 0.25) is 0 Å². The van der Waals surface area contributed by atoms with Crippen LogP contribution in [0, 0.1) is 0 Å². The van der Waals surface area contributed by atoms with Crippen LogP contribution >= 0.6 is 0 Å². The summed E-state index contributed by atoms with van der Waals surface area (Å²) >= 11 is 0. The molecule has 0 saturated carbocycles. The molecule has 0 unspecified atom stereocenters. The lowest BCUT2D eigenvalue weighted by Crippen LogP contribution is -1.84. The summed E-state index contributed by atoms with van der Waals surface area (Å²) in [5, 5.41) is 7.42. The molecule has 7 N–H and O–H groups in total. The smallest absolute Gasteiger partial charge is 0.300 e. The summed E-state index contributed by atoms with van der Waals surface area (Å²) in [5.74, 6) is -0.833. The van der Waals surface area contributed by atoms with Gasteiger partial charge in [0.05, 0.1) is 0 Å². The average molecular weight is 168 g/mol. The Kier molecular flexibility index (Phi) is 46.5. The highest BCUT2D eigenvalue weighted by molar-refractivity contribution is 5.62. The molecule has 5 nitrogen and oxygen atoms in total. The highest BCUT2D eigenvalue weighted by atomic mass is 16.5. The van der Waals surface area contributed by atoms with Crippen LogP contribution in [-0.2, 0) is 9.53 Å². The van der Waals surface area contributed by atoms with E-state index < -0.39 is 5.97 Å². The number of carboxylic acids is 1. The van der Waals surface area contributed by atoms with Crippen molar-refractivity contribution in [1.29, 1.82) is 0 Å². The maximum atomic E-state index is 9.00. The molecule has 0 aliphatic rings. The van der Waals surface area contributed by atoms with Gasteiger partial charge in [-0.25, -0.2) is 0 Å². The van der Waals surface area contributed by atoms with E-state index in [1.165, 1.54) is 0 Å². The molecular weight excluding hydrogens is 148 g/mol. The van der Waals surface area contributed by atoms with Crippen molar-refractivity contribution in [3.63, 3.8) is 0 Å². The fourth-order valence-corrected chi connectivity index (χ4v) is 0.204. The van der Waals surface area contributed by atoms with Gasteiger partial charge in [0.25, 0.3) is 5.97 Å². The fraction of sp³-hybridized carbons (Fsp3) is 0.833. The van der Waals surface area contributed by atoms with Gasteiger partial charge in [0, 0.05) is 20.1 Å². The number of ether oxygens (including phenoxy) is 1. The van der Waals surface area contributed by atoms with Crippen LogP contribution < -0.4 is 12.3 Å². The third-order valence-electron chi connectivity index (χ3n) is 0.408. The minimum absolute atomic E-state index is 0. The minimum atomic E-state index is -0.833. The standard InChI is InChI=1S/C4H10O.C2H4O2.2H3N/c1-3-5-4-2;1-2(3)4;;/h3-4H2,1-2H3;1H3,(H,3,4);2*1H3. The van der Waals surface area contributed by atoms with Crippen molar-refractivity contribution in [1.82, 2.24) is 12.3 Å². The molecule has 0 aromatic heterocycles. The minimum Gasteiger partial charge on any atom is -0.481 e. The Morgan fingerprint density at radius 2 is 1.45 bits per heavy atom. The molecule has 0 saturated heterocycles. The SMILES string of the molecule is CC(=O)O.CCOCC.N.N. The summed E-state index contributed by atoms with van der Waals surface area (Å²) in [6.45, 7) is 6.75. The number of aliphatic carboxylic acids is 1. The second kappa shape index (κ2) is 22.8. The summed E-state index contributed by atoms with van der Waals surface area (Å²) in [4.78, 5) is 9.00. The van der Waals surface area contributed by atoms with Crippen LogP contribution in [0.15, 0.2) is 0 Å². The van der Waals surface area contributed by atoms with Crippen molar-refractivity contribution < 1.29 is 14.6 Å². The Morgan fingerprint density at radius 1 is 1.27 bits per heavy atom. The number of carboxylic acid groups (broad SMARTS) is 1. The molecule has 0 rings (SSSR count). The largest absolute Gasteiger partial charge is 0.481 e. The maximum Gasteiger partial charge on any atom is 0.300 e. The predicted molar refractivity (Wildman–Crippen MR) is 45.5 cm³/mol. The first kappa shape index (κ1) is 22.4. The molecular formula is C6H20N2O3. The Labute approximate surface area is 67.9 Å². The molecule has 0 fully saturated rings. The van der Waals surface area contributed by atoms with Gasteiger partial charge < -0.3 is 22.1 Å². The van der Waals surface area contributed by atoms with Crippen molar-refractivity contribution in [2.24, 2.45) is 0 Å². The Hall–Kier alpha value is -0.650. The zero-order valence-electron chi connectivity index (χ0n) is 7.59. The third-order valence-corrected chi connectivity index (χ3v) is 0.408. The first-order valence-electron chi connectivity index (χ1n) is 2.92. The van der Waals surface area contributed by atoms with Crippen molar-refractivity contribution in [3.05, 3.63) is 0 Å². The highest BCUT2D eigenvalue weighted by Gasteiger charge is 1.65. The van der Waals surface area contributed by atoms with E-state index in [1.54, 1.807) is 0 Å². The van der Waals surface area contributed by atoms with Gasteiger partial charge in [0.1, 0.15) is 0 Å². The summed E-state index contributed by atoms with van der Waals surface area (Å²) in [6, 6.07) is 0. The van der Waals surface area contributed by atoms with E-state index in [0.29, 0.717) is 0 Å². The van der Waals surface area contributed by atoms with Gasteiger partial charge in [-0.15, -0.1) is 0 Å². The molecule has 0 aromatic carbocycles. The van der Waals surface area contributed by atoms with Crippen LogP contribution in [0.4, 0.5) is 0 Å². The second-order valence-electron chi connectivity index (χ2n) is 1.30. The fourth-order valence-electron chi connectivity index (χ4n) is 0.204. The van der Waals surface area contributed by atoms with Crippen molar-refractivity contribution in [3.8, 4) is 0 Å². The molecule has 0 atom stereocenters. The zero-order chi connectivity index (χ0) is 7.70. The lowest BCUT2D eigenvalue weighted by molar-refractivity contribution is -0.134. The molecule has 0 radical (unpaired) electrons. The van der Waals surface area contributed by atoms with Crippen molar-refractivity contribution in [2.75, 3.05) is 13.2 Å². The Balaban J connectivity index is -0.0000000383. The van der Waals surface area contributed by atoms with Crippen LogP contribution in [0.3, 0.4) is 0 Å². The molecule has 0 heterocycles. The summed E-state index contributed by atoms with van der Waals surface area (Å²) in [6.07, 6.45) is 0. The van der Waals surface area contributed by atoms with Gasteiger partial charge in [-0.05, 0) is 13.8 Å². The van der Waals surface area contributed by atoms with E-state index >= 15 is 0 Å². The van der Waals surface area contributed by atoms with E-state index in [9.17, 15) is 0 Å². The van der Waals surface area contributed by atoms with E-state index in [0.717, 1.165) is 20.1 Å². The highest BCUT2D eigenvalue weighted by Crippen LogP contribution is 1.64. The molecule has 0 aromatic rings. The predicted octanol–water partition coefficient (Wildman–Crippen LogP) is 1.46. The molecule has 0 amide bonds. The average Bonchev–Trinajstić information content (AvgIpc) is 1.66. The summed E-state index contributed by atoms with van der Waals surface area (Å²) < 4.78 is 4.83. The topological polar surface area (TPSA) is 117 Å². The quantitative estimate of drug-likeness (QED) is 0.577. The van der Waals surface area contributed by atoms with Crippen molar-refractivity contribution >= 4 is 5.97 Å². The van der Waals surface area contributed by atoms with Crippen LogP contribution in [0.1, 0.15) is 20.8 Å². The van der Waals surface area contributed by atoms with E-state index in [2.05, 4.69) is 0 Å². The van der Waals surface area contributed by atoms with E-state index in [-0.39, 0.29) is 12.3 Å². The molecule has 11 heavy (non-hydrogen) atoms. The van der Waals surface area contributed by atoms with Gasteiger partial charge in [-0.3, -0.25) is 4.79 Å². The van der Waals surface area contributed by atoms with Crippen LogP contribution in [0.5, 0.6) is 0 Å². The van der Waals surface area contributed by atoms with Gasteiger partial charge >= 0.3 is 0 Å². The Bertz CT molecular complexity index is 62.8. The molecule has 72 valence electrons. The summed E-state index contributed by atoms with van der Waals surface area (Å²) in [5.41, 5.74) is 0. The third kappa shape index (κ3) is 277.